The minimum atomic E-state index is -0.623. The first kappa shape index (κ1) is 16.4. The highest BCUT2D eigenvalue weighted by Gasteiger charge is 2.41. The molecule has 1 unspecified atom stereocenters. The summed E-state index contributed by atoms with van der Waals surface area (Å²) in [5.74, 6) is 0. The molecule has 0 radical (unpaired) electrons. The first-order valence-electron chi connectivity index (χ1n) is 7.20. The molecule has 0 aromatic heterocycles. The van der Waals surface area contributed by atoms with Gasteiger partial charge in [0.05, 0.1) is 18.8 Å². The van der Waals surface area contributed by atoms with Crippen molar-refractivity contribution in [3.05, 3.63) is 35.9 Å². The van der Waals surface area contributed by atoms with E-state index in [4.69, 9.17) is 18.9 Å². The molecule has 0 spiro atoms. The summed E-state index contributed by atoms with van der Waals surface area (Å²) in [6, 6.07) is 9.95. The van der Waals surface area contributed by atoms with E-state index in [1.54, 1.807) is 21.1 Å². The lowest BCUT2D eigenvalue weighted by Crippen LogP contribution is -2.53. The highest BCUT2D eigenvalue weighted by molar-refractivity contribution is 5.13. The smallest absolute Gasteiger partial charge is 0.184 e. The van der Waals surface area contributed by atoms with Gasteiger partial charge in [-0.2, -0.15) is 0 Å². The number of rotatable bonds is 6. The zero-order valence-corrected chi connectivity index (χ0v) is 12.8. The van der Waals surface area contributed by atoms with Gasteiger partial charge in [0.15, 0.2) is 6.29 Å². The van der Waals surface area contributed by atoms with Gasteiger partial charge in [-0.05, 0) is 12.5 Å². The molecule has 21 heavy (non-hydrogen) atoms. The fraction of sp³-hybridized carbons (Fsp3) is 0.625. The topological polar surface area (TPSA) is 57.2 Å². The molecule has 2 rings (SSSR count). The fourth-order valence-corrected chi connectivity index (χ4v) is 2.59. The van der Waals surface area contributed by atoms with E-state index >= 15 is 0 Å². The van der Waals surface area contributed by atoms with Gasteiger partial charge in [-0.1, -0.05) is 30.3 Å². The van der Waals surface area contributed by atoms with Gasteiger partial charge < -0.3 is 24.1 Å². The van der Waals surface area contributed by atoms with Gasteiger partial charge in [-0.3, -0.25) is 0 Å². The number of ether oxygens (including phenoxy) is 4. The van der Waals surface area contributed by atoms with E-state index in [1.807, 2.05) is 30.3 Å². The third-order valence-electron chi connectivity index (χ3n) is 3.74. The molecule has 1 fully saturated rings. The number of hydrogen-bond donors (Lipinski definition) is 1. The van der Waals surface area contributed by atoms with Crippen molar-refractivity contribution in [1.29, 1.82) is 0 Å². The van der Waals surface area contributed by atoms with Crippen molar-refractivity contribution in [3.63, 3.8) is 0 Å². The Morgan fingerprint density at radius 1 is 1.19 bits per heavy atom. The van der Waals surface area contributed by atoms with Crippen LogP contribution in [0.2, 0.25) is 0 Å². The summed E-state index contributed by atoms with van der Waals surface area (Å²) in [5.41, 5.74) is 1.10. The average molecular weight is 296 g/mol. The van der Waals surface area contributed by atoms with Crippen LogP contribution in [-0.4, -0.2) is 50.0 Å². The van der Waals surface area contributed by atoms with Crippen molar-refractivity contribution in [2.45, 2.75) is 50.7 Å². The van der Waals surface area contributed by atoms with E-state index < -0.39 is 18.5 Å². The van der Waals surface area contributed by atoms with Gasteiger partial charge in [-0.15, -0.1) is 0 Å². The molecule has 1 aliphatic heterocycles. The molecule has 1 aromatic rings. The maximum atomic E-state index is 9.78. The molecule has 1 N–H and O–H groups in total. The van der Waals surface area contributed by atoms with Crippen LogP contribution in [0.4, 0.5) is 0 Å². The summed E-state index contributed by atoms with van der Waals surface area (Å²) in [6.07, 6.45) is -1.34. The Labute approximate surface area is 125 Å². The van der Waals surface area contributed by atoms with Crippen LogP contribution in [0, 0.1) is 0 Å². The number of aliphatic hydroxyl groups is 1. The second-order valence-electron chi connectivity index (χ2n) is 5.29. The van der Waals surface area contributed by atoms with Gasteiger partial charge in [-0.25, -0.2) is 0 Å². The molecular formula is C16H24O5. The Bertz CT molecular complexity index is 408. The Kier molecular flexibility index (Phi) is 6.14. The molecule has 1 heterocycles. The summed E-state index contributed by atoms with van der Waals surface area (Å²) in [4.78, 5) is 0. The Morgan fingerprint density at radius 2 is 1.90 bits per heavy atom. The third kappa shape index (κ3) is 4.25. The molecule has 5 nitrogen and oxygen atoms in total. The predicted octanol–water partition coefficient (Wildman–Crippen LogP) is 1.73. The summed E-state index contributed by atoms with van der Waals surface area (Å²) >= 11 is 0. The second kappa shape index (κ2) is 7.87. The zero-order valence-electron chi connectivity index (χ0n) is 12.8. The maximum absolute atomic E-state index is 9.78. The minimum absolute atomic E-state index is 0.211. The SMILES string of the molecule is COC1O[C@@H]([C@@H](C)O)[C@H](OC)C[C@@H]1OCc1ccccc1. The van der Waals surface area contributed by atoms with Crippen LogP contribution in [0.25, 0.3) is 0 Å². The van der Waals surface area contributed by atoms with Crippen LogP contribution < -0.4 is 0 Å². The molecule has 0 amide bonds. The van der Waals surface area contributed by atoms with E-state index in [2.05, 4.69) is 0 Å². The molecule has 1 aromatic carbocycles. The number of benzene rings is 1. The summed E-state index contributed by atoms with van der Waals surface area (Å²) in [6.45, 7) is 2.18. The maximum Gasteiger partial charge on any atom is 0.184 e. The lowest BCUT2D eigenvalue weighted by atomic mass is 9.98. The van der Waals surface area contributed by atoms with Crippen LogP contribution in [0.5, 0.6) is 0 Å². The van der Waals surface area contributed by atoms with Gasteiger partial charge in [0.2, 0.25) is 0 Å². The normalized spacial score (nSPS) is 31.0. The molecule has 0 saturated carbocycles. The number of aliphatic hydroxyl groups excluding tert-OH is 1. The molecule has 0 aliphatic carbocycles. The van der Waals surface area contributed by atoms with Crippen LogP contribution in [-0.2, 0) is 25.6 Å². The van der Waals surface area contributed by atoms with Gasteiger partial charge >= 0.3 is 0 Å². The van der Waals surface area contributed by atoms with E-state index in [-0.39, 0.29) is 12.2 Å². The Balaban J connectivity index is 1.98. The number of hydrogen-bond acceptors (Lipinski definition) is 5. The van der Waals surface area contributed by atoms with E-state index in [9.17, 15) is 5.11 Å². The molecule has 0 bridgehead atoms. The van der Waals surface area contributed by atoms with Crippen molar-refractivity contribution in [3.8, 4) is 0 Å². The molecule has 118 valence electrons. The average Bonchev–Trinajstić information content (AvgIpc) is 2.52. The second-order valence-corrected chi connectivity index (χ2v) is 5.29. The van der Waals surface area contributed by atoms with Gasteiger partial charge in [0.1, 0.15) is 12.2 Å². The standard InChI is InChI=1S/C16H24O5/c1-11(17)15-13(18-2)9-14(16(19-3)21-15)20-10-12-7-5-4-6-8-12/h4-8,11,13-17H,9-10H2,1-3H3/t11-,13-,14+,15+,16?/m1/s1. The van der Waals surface area contributed by atoms with Crippen molar-refractivity contribution in [2.24, 2.45) is 0 Å². The quantitative estimate of drug-likeness (QED) is 0.866. The molecular weight excluding hydrogens is 272 g/mol. The summed E-state index contributed by atoms with van der Waals surface area (Å²) in [5, 5.41) is 9.78. The third-order valence-corrected chi connectivity index (χ3v) is 3.74. The molecule has 1 saturated heterocycles. The lowest BCUT2D eigenvalue weighted by Gasteiger charge is -2.41. The lowest BCUT2D eigenvalue weighted by molar-refractivity contribution is -0.285. The summed E-state index contributed by atoms with van der Waals surface area (Å²) in [7, 11) is 3.20. The minimum Gasteiger partial charge on any atom is -0.391 e. The molecule has 5 heteroatoms. The van der Waals surface area contributed by atoms with Crippen molar-refractivity contribution < 1.29 is 24.1 Å². The van der Waals surface area contributed by atoms with Crippen LogP contribution in [0.15, 0.2) is 30.3 Å². The largest absolute Gasteiger partial charge is 0.391 e. The van der Waals surface area contributed by atoms with Gasteiger partial charge in [0, 0.05) is 20.6 Å². The highest BCUT2D eigenvalue weighted by atomic mass is 16.7. The van der Waals surface area contributed by atoms with Crippen LogP contribution >= 0.6 is 0 Å². The molecule has 5 atom stereocenters. The predicted molar refractivity (Wildman–Crippen MR) is 77.8 cm³/mol. The number of methoxy groups -OCH3 is 2. The van der Waals surface area contributed by atoms with Crippen molar-refractivity contribution in [2.75, 3.05) is 14.2 Å². The van der Waals surface area contributed by atoms with Crippen LogP contribution in [0.1, 0.15) is 18.9 Å². The Hall–Kier alpha value is -0.980. The van der Waals surface area contributed by atoms with Crippen molar-refractivity contribution in [1.82, 2.24) is 0 Å². The fourth-order valence-electron chi connectivity index (χ4n) is 2.59. The highest BCUT2D eigenvalue weighted by Crippen LogP contribution is 2.27. The zero-order chi connectivity index (χ0) is 15.2. The van der Waals surface area contributed by atoms with Gasteiger partial charge in [0.25, 0.3) is 0 Å². The van der Waals surface area contributed by atoms with E-state index in [0.29, 0.717) is 13.0 Å². The first-order chi connectivity index (χ1) is 10.2. The summed E-state index contributed by atoms with van der Waals surface area (Å²) < 4.78 is 22.5. The van der Waals surface area contributed by atoms with Crippen molar-refractivity contribution >= 4 is 0 Å². The Morgan fingerprint density at radius 3 is 2.48 bits per heavy atom. The first-order valence-corrected chi connectivity index (χ1v) is 7.20. The van der Waals surface area contributed by atoms with E-state index in [1.165, 1.54) is 0 Å². The van der Waals surface area contributed by atoms with E-state index in [0.717, 1.165) is 5.56 Å². The monoisotopic (exact) mass is 296 g/mol. The van der Waals surface area contributed by atoms with Crippen LogP contribution in [0.3, 0.4) is 0 Å². The molecule has 1 aliphatic rings.